The molecule has 3 heterocycles. The largest absolute Gasteiger partial charge is 0.356 e. The van der Waals surface area contributed by atoms with E-state index in [1.807, 2.05) is 12.1 Å². The van der Waals surface area contributed by atoms with Gasteiger partial charge >= 0.3 is 0 Å². The van der Waals surface area contributed by atoms with E-state index in [9.17, 15) is 5.26 Å². The molecule has 0 spiro atoms. The highest BCUT2D eigenvalue weighted by Crippen LogP contribution is 2.24. The summed E-state index contributed by atoms with van der Waals surface area (Å²) in [6.45, 7) is 3.89. The van der Waals surface area contributed by atoms with Crippen LogP contribution in [-0.2, 0) is 0 Å². The first kappa shape index (κ1) is 13.6. The molecule has 1 aromatic heterocycles. The summed E-state index contributed by atoms with van der Waals surface area (Å²) in [4.78, 5) is 10.7. The van der Waals surface area contributed by atoms with E-state index in [0.717, 1.165) is 37.6 Å². The SMILES string of the molecule is N#CC(c1ccncc1)C1C=C(N2CCNCC2)NC=N1. The average Bonchev–Trinajstić information content (AvgIpc) is 2.58. The lowest BCUT2D eigenvalue weighted by Crippen LogP contribution is -2.46. The van der Waals surface area contributed by atoms with Crippen LogP contribution in [0.5, 0.6) is 0 Å². The fraction of sp³-hybridized carbons (Fsp3) is 0.400. The van der Waals surface area contributed by atoms with E-state index in [2.05, 4.69) is 37.7 Å². The Balaban J connectivity index is 1.80. The van der Waals surface area contributed by atoms with Gasteiger partial charge in [-0.3, -0.25) is 9.98 Å². The third kappa shape index (κ3) is 3.03. The van der Waals surface area contributed by atoms with Gasteiger partial charge in [0, 0.05) is 38.6 Å². The zero-order chi connectivity index (χ0) is 14.5. The average molecular weight is 282 g/mol. The normalized spacial score (nSPS) is 22.9. The van der Waals surface area contributed by atoms with Crippen LogP contribution in [0.15, 0.2) is 41.4 Å². The fourth-order valence-electron chi connectivity index (χ4n) is 2.65. The predicted molar refractivity (Wildman–Crippen MR) is 80.5 cm³/mol. The van der Waals surface area contributed by atoms with Crippen molar-refractivity contribution in [1.29, 1.82) is 5.26 Å². The van der Waals surface area contributed by atoms with E-state index < -0.39 is 0 Å². The predicted octanol–water partition coefficient (Wildman–Crippen LogP) is 0.435. The minimum absolute atomic E-state index is 0.163. The Morgan fingerprint density at radius 3 is 2.76 bits per heavy atom. The summed E-state index contributed by atoms with van der Waals surface area (Å²) in [7, 11) is 0. The number of aliphatic imine (C=N–C) groups is 1. The number of aromatic nitrogens is 1. The molecule has 0 amide bonds. The summed E-state index contributed by atoms with van der Waals surface area (Å²) in [5.74, 6) is 0.759. The number of hydrogen-bond donors (Lipinski definition) is 2. The fourth-order valence-corrected chi connectivity index (χ4v) is 2.65. The van der Waals surface area contributed by atoms with Gasteiger partial charge in [-0.1, -0.05) is 0 Å². The molecule has 1 aromatic rings. The maximum Gasteiger partial charge on any atom is 0.105 e. The third-order valence-electron chi connectivity index (χ3n) is 3.79. The van der Waals surface area contributed by atoms with Crippen molar-refractivity contribution in [1.82, 2.24) is 20.5 Å². The molecule has 2 aliphatic rings. The van der Waals surface area contributed by atoms with Gasteiger partial charge in [0.25, 0.3) is 0 Å². The lowest BCUT2D eigenvalue weighted by atomic mass is 9.93. The van der Waals surface area contributed by atoms with Crippen molar-refractivity contribution in [2.45, 2.75) is 12.0 Å². The number of nitrogens with zero attached hydrogens (tertiary/aromatic N) is 4. The van der Waals surface area contributed by atoms with Gasteiger partial charge in [-0.15, -0.1) is 0 Å². The monoisotopic (exact) mass is 282 g/mol. The summed E-state index contributed by atoms with van der Waals surface area (Å²) in [5.41, 5.74) is 0.951. The molecule has 0 radical (unpaired) electrons. The highest BCUT2D eigenvalue weighted by Gasteiger charge is 2.24. The molecule has 1 saturated heterocycles. The summed E-state index contributed by atoms with van der Waals surface area (Å²) in [5, 5.41) is 16.0. The van der Waals surface area contributed by atoms with Gasteiger partial charge in [0.1, 0.15) is 5.82 Å². The van der Waals surface area contributed by atoms with E-state index in [0.29, 0.717) is 0 Å². The topological polar surface area (TPSA) is 76.3 Å². The summed E-state index contributed by atoms with van der Waals surface area (Å²) < 4.78 is 0. The molecule has 6 heteroatoms. The second-order valence-electron chi connectivity index (χ2n) is 5.09. The number of hydrogen-bond acceptors (Lipinski definition) is 6. The summed E-state index contributed by atoms with van der Waals surface area (Å²) in [6.07, 6.45) is 7.18. The van der Waals surface area contributed by atoms with E-state index in [-0.39, 0.29) is 12.0 Å². The van der Waals surface area contributed by atoms with Crippen LogP contribution < -0.4 is 10.6 Å². The molecule has 0 bridgehead atoms. The van der Waals surface area contributed by atoms with Gasteiger partial charge in [0.05, 0.1) is 24.4 Å². The van der Waals surface area contributed by atoms with Crippen molar-refractivity contribution in [2.75, 3.05) is 26.2 Å². The van der Waals surface area contributed by atoms with Crippen LogP contribution in [0.1, 0.15) is 11.5 Å². The molecule has 0 saturated carbocycles. The maximum absolute atomic E-state index is 9.51. The van der Waals surface area contributed by atoms with Gasteiger partial charge in [-0.2, -0.15) is 5.26 Å². The highest BCUT2D eigenvalue weighted by atomic mass is 15.3. The lowest BCUT2D eigenvalue weighted by molar-refractivity contribution is 0.286. The van der Waals surface area contributed by atoms with Crippen LogP contribution in [0, 0.1) is 11.3 Å². The first-order valence-corrected chi connectivity index (χ1v) is 7.13. The maximum atomic E-state index is 9.51. The zero-order valence-corrected chi connectivity index (χ0v) is 11.7. The second-order valence-corrected chi connectivity index (χ2v) is 5.09. The third-order valence-corrected chi connectivity index (χ3v) is 3.79. The number of rotatable bonds is 3. The summed E-state index contributed by atoms with van der Waals surface area (Å²) in [6, 6.07) is 5.96. The van der Waals surface area contributed by atoms with E-state index >= 15 is 0 Å². The van der Waals surface area contributed by atoms with E-state index in [4.69, 9.17) is 0 Å². The number of piperazine rings is 1. The quantitative estimate of drug-likeness (QED) is 0.841. The van der Waals surface area contributed by atoms with Crippen molar-refractivity contribution < 1.29 is 0 Å². The molecule has 0 aliphatic carbocycles. The Bertz CT molecular complexity index is 568. The molecule has 2 aliphatic heterocycles. The molecule has 3 rings (SSSR count). The minimum atomic E-state index is -0.288. The second kappa shape index (κ2) is 6.37. The molecule has 21 heavy (non-hydrogen) atoms. The highest BCUT2D eigenvalue weighted by molar-refractivity contribution is 5.60. The van der Waals surface area contributed by atoms with E-state index in [1.54, 1.807) is 18.7 Å². The van der Waals surface area contributed by atoms with Crippen molar-refractivity contribution in [2.24, 2.45) is 4.99 Å². The molecular formula is C15H18N6. The molecule has 1 fully saturated rings. The van der Waals surface area contributed by atoms with Crippen molar-refractivity contribution in [3.8, 4) is 6.07 Å². The lowest BCUT2D eigenvalue weighted by Gasteiger charge is -2.33. The van der Waals surface area contributed by atoms with Crippen molar-refractivity contribution in [3.05, 3.63) is 42.0 Å². The van der Waals surface area contributed by atoms with E-state index in [1.165, 1.54) is 0 Å². The Hall–Kier alpha value is -2.39. The van der Waals surface area contributed by atoms with Crippen LogP contribution >= 0.6 is 0 Å². The molecule has 2 unspecified atom stereocenters. The Morgan fingerprint density at radius 1 is 1.29 bits per heavy atom. The van der Waals surface area contributed by atoms with Crippen LogP contribution in [0.4, 0.5) is 0 Å². The standard InChI is InChI=1S/C15H18N6/c16-10-13(12-1-3-17-4-2-12)14-9-15(20-11-19-14)21-7-5-18-6-8-21/h1-4,9,11,13-14,18H,5-8H2,(H,19,20). The number of pyridine rings is 1. The Labute approximate surface area is 124 Å². The molecule has 108 valence electrons. The molecule has 2 atom stereocenters. The summed E-state index contributed by atoms with van der Waals surface area (Å²) >= 11 is 0. The van der Waals surface area contributed by atoms with Crippen LogP contribution in [0.25, 0.3) is 0 Å². The molecular weight excluding hydrogens is 264 g/mol. The van der Waals surface area contributed by atoms with Gasteiger partial charge < -0.3 is 15.5 Å². The molecule has 6 nitrogen and oxygen atoms in total. The Kier molecular flexibility index (Phi) is 4.12. The van der Waals surface area contributed by atoms with Crippen LogP contribution in [0.2, 0.25) is 0 Å². The van der Waals surface area contributed by atoms with Gasteiger partial charge in [0.15, 0.2) is 0 Å². The van der Waals surface area contributed by atoms with Gasteiger partial charge in [0.2, 0.25) is 0 Å². The zero-order valence-electron chi connectivity index (χ0n) is 11.7. The molecule has 0 aromatic carbocycles. The number of nitriles is 1. The van der Waals surface area contributed by atoms with Gasteiger partial charge in [-0.25, -0.2) is 0 Å². The van der Waals surface area contributed by atoms with Crippen molar-refractivity contribution >= 4 is 6.34 Å². The smallest absolute Gasteiger partial charge is 0.105 e. The van der Waals surface area contributed by atoms with Crippen LogP contribution in [0.3, 0.4) is 0 Å². The minimum Gasteiger partial charge on any atom is -0.356 e. The first-order chi connectivity index (χ1) is 10.4. The Morgan fingerprint density at radius 2 is 2.05 bits per heavy atom. The first-order valence-electron chi connectivity index (χ1n) is 7.13. The number of nitrogens with one attached hydrogen (secondary N) is 2. The van der Waals surface area contributed by atoms with Crippen molar-refractivity contribution in [3.63, 3.8) is 0 Å². The van der Waals surface area contributed by atoms with Crippen LogP contribution in [-0.4, -0.2) is 48.4 Å². The molecule has 2 N–H and O–H groups in total. The van der Waals surface area contributed by atoms with Gasteiger partial charge in [-0.05, 0) is 23.8 Å².